The van der Waals surface area contributed by atoms with Crippen molar-refractivity contribution in [3.05, 3.63) is 12.2 Å². The van der Waals surface area contributed by atoms with Gasteiger partial charge in [-0.05, 0) is 19.3 Å². The fraction of sp³-hybridized carbons (Fsp3) is 0.600. The van der Waals surface area contributed by atoms with E-state index >= 15 is 0 Å². The van der Waals surface area contributed by atoms with Crippen molar-refractivity contribution in [3.8, 4) is 0 Å². The smallest absolute Gasteiger partial charge is 0.307 e. The molecule has 1 N–H and O–H groups in total. The van der Waals surface area contributed by atoms with E-state index in [2.05, 4.69) is 0 Å². The first-order chi connectivity index (χ1) is 6.20. The molecule has 2 bridgehead atoms. The number of carbonyl (C=O) groups is 2. The molecule has 2 rings (SSSR count). The van der Waals surface area contributed by atoms with Crippen LogP contribution in [0.25, 0.3) is 0 Å². The standard InChI is InChI=1S/C10H12O3/c11-9-6-2-1-3-7(9)8(5-4-6)10(12)13/h1-2,6-8H,3-5H2,(H,12,13). The summed E-state index contributed by atoms with van der Waals surface area (Å²) in [5.74, 6) is -1.35. The van der Waals surface area contributed by atoms with Crippen molar-refractivity contribution in [2.45, 2.75) is 19.3 Å². The van der Waals surface area contributed by atoms with Gasteiger partial charge in [-0.2, -0.15) is 0 Å². The van der Waals surface area contributed by atoms with Crippen LogP contribution in [-0.4, -0.2) is 16.9 Å². The molecule has 0 aliphatic heterocycles. The number of hydrogen-bond donors (Lipinski definition) is 1. The van der Waals surface area contributed by atoms with Gasteiger partial charge in [0.1, 0.15) is 5.78 Å². The molecule has 0 heterocycles. The van der Waals surface area contributed by atoms with Crippen LogP contribution < -0.4 is 0 Å². The Labute approximate surface area is 76.4 Å². The highest BCUT2D eigenvalue weighted by Gasteiger charge is 2.41. The first kappa shape index (κ1) is 8.48. The van der Waals surface area contributed by atoms with Gasteiger partial charge < -0.3 is 5.11 Å². The minimum Gasteiger partial charge on any atom is -0.481 e. The van der Waals surface area contributed by atoms with Gasteiger partial charge >= 0.3 is 5.97 Å². The van der Waals surface area contributed by atoms with Gasteiger partial charge in [0, 0.05) is 11.8 Å². The average molecular weight is 180 g/mol. The summed E-state index contributed by atoms with van der Waals surface area (Å²) in [6, 6.07) is 0. The normalized spacial score (nSPS) is 37.5. The predicted molar refractivity (Wildman–Crippen MR) is 46.1 cm³/mol. The zero-order valence-electron chi connectivity index (χ0n) is 7.27. The van der Waals surface area contributed by atoms with Crippen molar-refractivity contribution in [2.75, 3.05) is 0 Å². The molecule has 3 atom stereocenters. The SMILES string of the molecule is O=C(O)C1CCC2C=CCC1C2=O. The molecule has 3 unspecified atom stereocenters. The van der Waals surface area contributed by atoms with Crippen LogP contribution in [0.1, 0.15) is 19.3 Å². The van der Waals surface area contributed by atoms with E-state index in [0.29, 0.717) is 19.3 Å². The van der Waals surface area contributed by atoms with Gasteiger partial charge in [0.05, 0.1) is 5.92 Å². The van der Waals surface area contributed by atoms with Crippen LogP contribution in [0, 0.1) is 17.8 Å². The van der Waals surface area contributed by atoms with Crippen LogP contribution in [0.4, 0.5) is 0 Å². The zero-order valence-corrected chi connectivity index (χ0v) is 7.27. The number of Topliss-reactive ketones (excluding diaryl/α,β-unsaturated/α-hetero) is 1. The quantitative estimate of drug-likeness (QED) is 0.618. The Kier molecular flexibility index (Phi) is 1.94. The van der Waals surface area contributed by atoms with E-state index in [1.54, 1.807) is 0 Å². The molecule has 3 nitrogen and oxygen atoms in total. The van der Waals surface area contributed by atoms with Crippen molar-refractivity contribution in [3.63, 3.8) is 0 Å². The molecule has 3 heteroatoms. The van der Waals surface area contributed by atoms with Crippen molar-refractivity contribution in [2.24, 2.45) is 17.8 Å². The number of carboxylic acids is 1. The lowest BCUT2D eigenvalue weighted by Gasteiger charge is -2.33. The van der Waals surface area contributed by atoms with Gasteiger partial charge in [-0.3, -0.25) is 9.59 Å². The Morgan fingerprint density at radius 3 is 2.92 bits per heavy atom. The Morgan fingerprint density at radius 1 is 1.46 bits per heavy atom. The number of carboxylic acid groups (broad SMARTS) is 1. The molecule has 0 amide bonds. The lowest BCUT2D eigenvalue weighted by atomic mass is 9.69. The second-order valence-corrected chi connectivity index (χ2v) is 3.80. The van der Waals surface area contributed by atoms with Gasteiger partial charge in [0.25, 0.3) is 0 Å². The van der Waals surface area contributed by atoms with Crippen LogP contribution in [-0.2, 0) is 9.59 Å². The maximum Gasteiger partial charge on any atom is 0.307 e. The molecule has 0 radical (unpaired) electrons. The lowest BCUT2D eigenvalue weighted by molar-refractivity contribution is -0.150. The minimum atomic E-state index is -0.813. The van der Waals surface area contributed by atoms with E-state index in [9.17, 15) is 9.59 Å². The zero-order chi connectivity index (χ0) is 9.42. The molecule has 0 spiro atoms. The molecule has 13 heavy (non-hydrogen) atoms. The van der Waals surface area contributed by atoms with Crippen LogP contribution in [0.15, 0.2) is 12.2 Å². The summed E-state index contributed by atoms with van der Waals surface area (Å²) in [7, 11) is 0. The fourth-order valence-corrected chi connectivity index (χ4v) is 2.33. The van der Waals surface area contributed by atoms with Crippen molar-refractivity contribution in [1.29, 1.82) is 0 Å². The average Bonchev–Trinajstić information content (AvgIpc) is 2.02. The van der Waals surface area contributed by atoms with Crippen molar-refractivity contribution < 1.29 is 14.7 Å². The molecule has 1 saturated carbocycles. The Hall–Kier alpha value is -1.12. The summed E-state index contributed by atoms with van der Waals surface area (Å²) < 4.78 is 0. The third-order valence-corrected chi connectivity index (χ3v) is 3.08. The van der Waals surface area contributed by atoms with E-state index in [-0.39, 0.29) is 17.6 Å². The van der Waals surface area contributed by atoms with E-state index in [1.807, 2.05) is 12.2 Å². The summed E-state index contributed by atoms with van der Waals surface area (Å²) in [6.45, 7) is 0. The van der Waals surface area contributed by atoms with Crippen molar-refractivity contribution in [1.82, 2.24) is 0 Å². The van der Waals surface area contributed by atoms with E-state index in [0.717, 1.165) is 0 Å². The molecular formula is C10H12O3. The maximum absolute atomic E-state index is 11.6. The number of ketones is 1. The predicted octanol–water partition coefficient (Wildman–Crippen LogP) is 1.24. The molecule has 0 aromatic heterocycles. The highest BCUT2D eigenvalue weighted by atomic mass is 16.4. The summed E-state index contributed by atoms with van der Waals surface area (Å²) in [5.41, 5.74) is 0. The van der Waals surface area contributed by atoms with Crippen LogP contribution in [0.3, 0.4) is 0 Å². The molecule has 0 aromatic carbocycles. The van der Waals surface area contributed by atoms with Crippen molar-refractivity contribution >= 4 is 11.8 Å². The molecule has 1 fully saturated rings. The fourth-order valence-electron chi connectivity index (χ4n) is 2.33. The number of aliphatic carboxylic acids is 1. The highest BCUT2D eigenvalue weighted by molar-refractivity contribution is 5.91. The Morgan fingerprint density at radius 2 is 2.23 bits per heavy atom. The largest absolute Gasteiger partial charge is 0.481 e. The van der Waals surface area contributed by atoms with E-state index in [4.69, 9.17) is 5.11 Å². The molecule has 2 aliphatic carbocycles. The topological polar surface area (TPSA) is 54.4 Å². The lowest BCUT2D eigenvalue weighted by Crippen LogP contribution is -2.39. The van der Waals surface area contributed by atoms with Gasteiger partial charge in [-0.1, -0.05) is 12.2 Å². The second-order valence-electron chi connectivity index (χ2n) is 3.80. The first-order valence-electron chi connectivity index (χ1n) is 4.63. The number of carbonyl (C=O) groups excluding carboxylic acids is 1. The summed E-state index contributed by atoms with van der Waals surface area (Å²) in [5, 5.41) is 8.89. The van der Waals surface area contributed by atoms with Gasteiger partial charge in [-0.25, -0.2) is 0 Å². The molecule has 2 aliphatic rings. The third-order valence-electron chi connectivity index (χ3n) is 3.08. The minimum absolute atomic E-state index is 0.00866. The van der Waals surface area contributed by atoms with Gasteiger partial charge in [-0.15, -0.1) is 0 Å². The summed E-state index contributed by atoms with van der Waals surface area (Å²) in [4.78, 5) is 22.4. The molecule has 70 valence electrons. The van der Waals surface area contributed by atoms with Gasteiger partial charge in [0.15, 0.2) is 0 Å². The van der Waals surface area contributed by atoms with Crippen LogP contribution >= 0.6 is 0 Å². The number of allylic oxidation sites excluding steroid dienone is 2. The monoisotopic (exact) mass is 180 g/mol. The number of rotatable bonds is 1. The van der Waals surface area contributed by atoms with E-state index < -0.39 is 11.9 Å². The third kappa shape index (κ3) is 1.28. The Bertz CT molecular complexity index is 280. The summed E-state index contributed by atoms with van der Waals surface area (Å²) in [6.07, 6.45) is 5.86. The van der Waals surface area contributed by atoms with Crippen LogP contribution in [0.5, 0.6) is 0 Å². The molecular weight excluding hydrogens is 168 g/mol. The van der Waals surface area contributed by atoms with Gasteiger partial charge in [0.2, 0.25) is 0 Å². The highest BCUT2D eigenvalue weighted by Crippen LogP contribution is 2.37. The summed E-state index contributed by atoms with van der Waals surface area (Å²) >= 11 is 0. The van der Waals surface area contributed by atoms with Crippen LogP contribution in [0.2, 0.25) is 0 Å². The second kappa shape index (κ2) is 2.98. The number of hydrogen-bond acceptors (Lipinski definition) is 2. The Balaban J connectivity index is 2.25. The first-order valence-corrected chi connectivity index (χ1v) is 4.63. The number of fused-ring (bicyclic) bond motifs is 2. The molecule has 0 saturated heterocycles. The molecule has 0 aromatic rings. The van der Waals surface area contributed by atoms with E-state index in [1.165, 1.54) is 0 Å². The maximum atomic E-state index is 11.6.